The normalized spacial score (nSPS) is 19.3. The quantitative estimate of drug-likeness (QED) is 0.345. The maximum Gasteiger partial charge on any atom is 0.303 e. The van der Waals surface area contributed by atoms with Crippen LogP contribution in [0.2, 0.25) is 0 Å². The molecule has 2 saturated heterocycles. The zero-order valence-electron chi connectivity index (χ0n) is 22.2. The molecule has 2 heterocycles. The number of rotatable bonds is 10. The summed E-state index contributed by atoms with van der Waals surface area (Å²) in [4.78, 5) is 13.3. The van der Waals surface area contributed by atoms with E-state index in [-0.39, 0.29) is 12.0 Å². The number of likely N-dealkylation sites (tertiary alicyclic amines) is 1. The van der Waals surface area contributed by atoms with Gasteiger partial charge in [0.05, 0.1) is 5.60 Å². The summed E-state index contributed by atoms with van der Waals surface area (Å²) < 4.78 is 12.3. The van der Waals surface area contributed by atoms with E-state index in [4.69, 9.17) is 14.6 Å². The number of benzene rings is 3. The van der Waals surface area contributed by atoms with Gasteiger partial charge in [-0.2, -0.15) is 0 Å². The van der Waals surface area contributed by atoms with Gasteiger partial charge in [-0.3, -0.25) is 9.69 Å². The van der Waals surface area contributed by atoms with Gasteiger partial charge in [-0.25, -0.2) is 0 Å². The number of hydrogen-bond acceptors (Lipinski definition) is 4. The van der Waals surface area contributed by atoms with Gasteiger partial charge < -0.3 is 14.6 Å². The molecule has 3 aromatic carbocycles. The van der Waals surface area contributed by atoms with Crippen molar-refractivity contribution >= 4 is 5.97 Å². The SMILES string of the molecule is O=C(O)CCc1ccc(OCc2ccc(CN3CCC4(CC3)CC(Cc3ccccc3)CCO4)cc2)cc1. The number of hydrogen-bond donors (Lipinski definition) is 1. The van der Waals surface area contributed by atoms with Crippen LogP contribution in [-0.2, 0) is 35.5 Å². The summed E-state index contributed by atoms with van der Waals surface area (Å²) in [6.07, 6.45) is 6.47. The van der Waals surface area contributed by atoms with Gasteiger partial charge in [0.1, 0.15) is 12.4 Å². The van der Waals surface area contributed by atoms with Crippen LogP contribution in [0.5, 0.6) is 5.75 Å². The predicted molar refractivity (Wildman–Crippen MR) is 149 cm³/mol. The van der Waals surface area contributed by atoms with E-state index in [0.717, 1.165) is 61.9 Å². The minimum atomic E-state index is -0.774. The third kappa shape index (κ3) is 7.46. The molecule has 5 nitrogen and oxygen atoms in total. The molecule has 38 heavy (non-hydrogen) atoms. The molecule has 2 fully saturated rings. The van der Waals surface area contributed by atoms with Gasteiger partial charge in [0.2, 0.25) is 0 Å². The highest BCUT2D eigenvalue weighted by Crippen LogP contribution is 2.39. The Labute approximate surface area is 226 Å². The molecule has 0 amide bonds. The minimum absolute atomic E-state index is 0.0733. The van der Waals surface area contributed by atoms with Crippen molar-refractivity contribution in [3.05, 3.63) is 101 Å². The van der Waals surface area contributed by atoms with Gasteiger partial charge in [-0.05, 0) is 78.8 Å². The Kier molecular flexibility index (Phi) is 8.77. The van der Waals surface area contributed by atoms with Crippen LogP contribution in [0.4, 0.5) is 0 Å². The Morgan fingerprint density at radius 3 is 2.29 bits per heavy atom. The zero-order valence-corrected chi connectivity index (χ0v) is 22.2. The monoisotopic (exact) mass is 513 g/mol. The van der Waals surface area contributed by atoms with Crippen LogP contribution in [0.3, 0.4) is 0 Å². The van der Waals surface area contributed by atoms with Gasteiger partial charge >= 0.3 is 5.97 Å². The molecule has 0 saturated carbocycles. The molecule has 5 rings (SSSR count). The summed E-state index contributed by atoms with van der Waals surface area (Å²) in [5.41, 5.74) is 5.01. The summed E-state index contributed by atoms with van der Waals surface area (Å²) in [5, 5.41) is 8.82. The molecule has 1 N–H and O–H groups in total. The summed E-state index contributed by atoms with van der Waals surface area (Å²) in [6, 6.07) is 27.3. The van der Waals surface area contributed by atoms with Crippen LogP contribution in [0.1, 0.15) is 54.4 Å². The lowest BCUT2D eigenvalue weighted by Crippen LogP contribution is -2.49. The molecule has 1 unspecified atom stereocenters. The maximum absolute atomic E-state index is 10.7. The average molecular weight is 514 g/mol. The fourth-order valence-electron chi connectivity index (χ4n) is 5.89. The average Bonchev–Trinajstić information content (AvgIpc) is 2.94. The van der Waals surface area contributed by atoms with Crippen LogP contribution in [0, 0.1) is 5.92 Å². The lowest BCUT2D eigenvalue weighted by Gasteiger charge is -2.46. The number of carbonyl (C=O) groups is 1. The number of carboxylic acids is 1. The molecule has 200 valence electrons. The molecule has 0 bridgehead atoms. The summed E-state index contributed by atoms with van der Waals surface area (Å²) in [6.45, 7) is 4.57. The van der Waals surface area contributed by atoms with Gasteiger partial charge in [0, 0.05) is 32.7 Å². The highest BCUT2D eigenvalue weighted by Gasteiger charge is 2.40. The fourth-order valence-corrected chi connectivity index (χ4v) is 5.89. The van der Waals surface area contributed by atoms with Crippen molar-refractivity contribution in [2.24, 2.45) is 5.92 Å². The van der Waals surface area contributed by atoms with Gasteiger partial charge in [0.25, 0.3) is 0 Å². The van der Waals surface area contributed by atoms with E-state index >= 15 is 0 Å². The van der Waals surface area contributed by atoms with Crippen molar-refractivity contribution in [2.45, 2.75) is 63.7 Å². The molecule has 1 spiro atoms. The first-order valence-corrected chi connectivity index (χ1v) is 14.0. The van der Waals surface area contributed by atoms with Gasteiger partial charge in [-0.1, -0.05) is 66.7 Å². The van der Waals surface area contributed by atoms with Crippen molar-refractivity contribution < 1.29 is 19.4 Å². The van der Waals surface area contributed by atoms with Crippen molar-refractivity contribution in [2.75, 3.05) is 19.7 Å². The second-order valence-corrected chi connectivity index (χ2v) is 11.0. The van der Waals surface area contributed by atoms with Crippen LogP contribution in [0.25, 0.3) is 0 Å². The smallest absolute Gasteiger partial charge is 0.303 e. The molecule has 2 aliphatic heterocycles. The summed E-state index contributed by atoms with van der Waals surface area (Å²) in [5.74, 6) is 0.748. The van der Waals surface area contributed by atoms with Gasteiger partial charge in [-0.15, -0.1) is 0 Å². The van der Waals surface area contributed by atoms with Gasteiger partial charge in [0.15, 0.2) is 0 Å². The molecule has 5 heteroatoms. The Hall–Kier alpha value is -3.15. The van der Waals surface area contributed by atoms with E-state index in [2.05, 4.69) is 59.5 Å². The van der Waals surface area contributed by atoms with Crippen LogP contribution >= 0.6 is 0 Å². The zero-order chi connectivity index (χ0) is 26.2. The van der Waals surface area contributed by atoms with Crippen LogP contribution < -0.4 is 4.74 Å². The number of carboxylic acid groups (broad SMARTS) is 1. The molecular formula is C33H39NO4. The summed E-state index contributed by atoms with van der Waals surface area (Å²) >= 11 is 0. The maximum atomic E-state index is 10.7. The highest BCUT2D eigenvalue weighted by molar-refractivity contribution is 5.67. The Morgan fingerprint density at radius 1 is 0.895 bits per heavy atom. The van der Waals surface area contributed by atoms with E-state index in [1.807, 2.05) is 24.3 Å². The van der Waals surface area contributed by atoms with Crippen LogP contribution in [0.15, 0.2) is 78.9 Å². The van der Waals surface area contributed by atoms with E-state index in [9.17, 15) is 4.79 Å². The van der Waals surface area contributed by atoms with Crippen molar-refractivity contribution in [1.29, 1.82) is 0 Å². The molecule has 0 aliphatic carbocycles. The lowest BCUT2D eigenvalue weighted by atomic mass is 9.77. The number of aliphatic carboxylic acids is 1. The molecule has 0 radical (unpaired) electrons. The summed E-state index contributed by atoms with van der Waals surface area (Å²) in [7, 11) is 0. The third-order valence-corrected chi connectivity index (χ3v) is 8.12. The second kappa shape index (κ2) is 12.6. The first-order valence-electron chi connectivity index (χ1n) is 14.0. The lowest BCUT2D eigenvalue weighted by molar-refractivity contribution is -0.136. The predicted octanol–water partition coefficient (Wildman–Crippen LogP) is 6.29. The molecule has 1 atom stereocenters. The molecule has 2 aliphatic rings. The largest absolute Gasteiger partial charge is 0.489 e. The van der Waals surface area contributed by atoms with E-state index in [0.29, 0.717) is 13.0 Å². The first kappa shape index (κ1) is 26.5. The van der Waals surface area contributed by atoms with E-state index in [1.165, 1.54) is 30.4 Å². The molecule has 0 aromatic heterocycles. The van der Waals surface area contributed by atoms with Crippen molar-refractivity contribution in [3.8, 4) is 5.75 Å². The minimum Gasteiger partial charge on any atom is -0.489 e. The van der Waals surface area contributed by atoms with Crippen molar-refractivity contribution in [1.82, 2.24) is 4.90 Å². The molecule has 3 aromatic rings. The first-order chi connectivity index (χ1) is 18.6. The Balaban J connectivity index is 1.05. The second-order valence-electron chi connectivity index (χ2n) is 11.0. The molecular weight excluding hydrogens is 474 g/mol. The standard InChI is InChI=1S/C33H39NO4/c35-32(36)15-12-26-10-13-31(14-11-26)37-25-29-8-6-28(7-9-29)24-34-19-17-33(18-20-34)23-30(16-21-38-33)22-27-4-2-1-3-5-27/h1-11,13-14,30H,12,15-25H2,(H,35,36). The van der Waals surface area contributed by atoms with Crippen molar-refractivity contribution in [3.63, 3.8) is 0 Å². The number of nitrogens with zero attached hydrogens (tertiary/aromatic N) is 1. The van der Waals surface area contributed by atoms with Crippen LogP contribution in [-0.4, -0.2) is 41.3 Å². The van der Waals surface area contributed by atoms with E-state index < -0.39 is 5.97 Å². The Morgan fingerprint density at radius 2 is 1.58 bits per heavy atom. The topological polar surface area (TPSA) is 59.0 Å². The third-order valence-electron chi connectivity index (χ3n) is 8.12. The number of aryl methyl sites for hydroxylation is 1. The fraction of sp³-hybridized carbons (Fsp3) is 0.424. The Bertz CT molecular complexity index is 1150. The van der Waals surface area contributed by atoms with E-state index in [1.54, 1.807) is 0 Å². The number of ether oxygens (including phenoxy) is 2. The number of piperidine rings is 1. The highest BCUT2D eigenvalue weighted by atomic mass is 16.5.